The molecule has 2 aromatic carbocycles. The van der Waals surface area contributed by atoms with Gasteiger partial charge in [-0.2, -0.15) is 13.2 Å². The minimum atomic E-state index is -4.57. The van der Waals surface area contributed by atoms with Gasteiger partial charge in [-0.05, 0) is 41.7 Å². The van der Waals surface area contributed by atoms with E-state index in [1.165, 1.54) is 16.7 Å². The van der Waals surface area contributed by atoms with Crippen LogP contribution in [0.5, 0.6) is 0 Å². The van der Waals surface area contributed by atoms with Gasteiger partial charge in [-0.3, -0.25) is 24.3 Å². The van der Waals surface area contributed by atoms with Gasteiger partial charge in [0.05, 0.1) is 16.2 Å². The highest BCUT2D eigenvalue weighted by molar-refractivity contribution is 7.22. The number of hydrogen-bond donors (Lipinski definition) is 0. The fourth-order valence-electron chi connectivity index (χ4n) is 3.19. The fourth-order valence-corrected chi connectivity index (χ4v) is 4.32. The van der Waals surface area contributed by atoms with E-state index < -0.39 is 33.0 Å². The number of para-hydroxylation sites is 1. The first-order valence-electron chi connectivity index (χ1n) is 8.79. The molecule has 6 nitrogen and oxygen atoms in total. The molecule has 0 aliphatic rings. The molecule has 0 saturated heterocycles. The van der Waals surface area contributed by atoms with Gasteiger partial charge >= 0.3 is 11.2 Å². The van der Waals surface area contributed by atoms with Crippen molar-refractivity contribution in [1.29, 1.82) is 0 Å². The molecule has 4 aromatic rings. The third kappa shape index (κ3) is 3.61. The quantitative estimate of drug-likeness (QED) is 0.246. The highest BCUT2D eigenvalue weighted by Gasteiger charge is 2.32. The predicted octanol–water partition coefficient (Wildman–Crippen LogP) is 5.21. The molecule has 0 saturated carbocycles. The average Bonchev–Trinajstić information content (AvgIpc) is 3.13. The number of fused-ring (bicyclic) bond motifs is 1. The zero-order chi connectivity index (χ0) is 22.3. The van der Waals surface area contributed by atoms with Crippen molar-refractivity contribution in [1.82, 2.24) is 4.57 Å². The van der Waals surface area contributed by atoms with Crippen LogP contribution in [0, 0.1) is 10.1 Å². The summed E-state index contributed by atoms with van der Waals surface area (Å²) >= 11 is 0.661. The van der Waals surface area contributed by atoms with Crippen molar-refractivity contribution in [3.05, 3.63) is 104 Å². The number of alkyl halides is 3. The molecule has 0 spiro atoms. The first-order valence-corrected chi connectivity index (χ1v) is 9.60. The molecule has 156 valence electrons. The number of aromatic nitrogens is 1. The number of halogens is 3. The SMILES string of the molecule is O=C(c1ccc(C(F)(F)F)cc1)c1c([N+](=O)[O-])sc2c1ccc(=O)n2-c1ccccc1. The molecular formula is C21H11F3N2O4S. The Hall–Kier alpha value is -3.79. The third-order valence-corrected chi connectivity index (χ3v) is 5.75. The summed E-state index contributed by atoms with van der Waals surface area (Å²) in [5.41, 5.74) is -1.32. The Morgan fingerprint density at radius 1 is 0.968 bits per heavy atom. The Labute approximate surface area is 175 Å². The van der Waals surface area contributed by atoms with Crippen LogP contribution in [-0.4, -0.2) is 15.3 Å². The normalized spacial score (nSPS) is 11.6. The maximum atomic E-state index is 13.1. The predicted molar refractivity (Wildman–Crippen MR) is 109 cm³/mol. The van der Waals surface area contributed by atoms with E-state index >= 15 is 0 Å². The van der Waals surface area contributed by atoms with E-state index in [0.717, 1.165) is 24.3 Å². The molecule has 0 aliphatic carbocycles. The smallest absolute Gasteiger partial charge is 0.288 e. The van der Waals surface area contributed by atoms with Crippen molar-refractivity contribution >= 4 is 32.3 Å². The molecule has 10 heteroatoms. The maximum absolute atomic E-state index is 13.1. The molecule has 2 aromatic heterocycles. The maximum Gasteiger partial charge on any atom is 0.416 e. The molecular weight excluding hydrogens is 433 g/mol. The van der Waals surface area contributed by atoms with Crippen molar-refractivity contribution in [3.8, 4) is 5.69 Å². The van der Waals surface area contributed by atoms with E-state index in [1.54, 1.807) is 30.3 Å². The standard InChI is InChI=1S/C21H11F3N2O4S/c22-21(23,24)13-8-6-12(7-9-13)18(28)17-15-10-11-16(27)25(14-4-2-1-3-5-14)19(15)31-20(17)26(29)30/h1-11H. The lowest BCUT2D eigenvalue weighted by Gasteiger charge is -2.08. The number of carbonyl (C=O) groups excluding carboxylic acids is 1. The van der Waals surface area contributed by atoms with Crippen LogP contribution in [0.25, 0.3) is 15.9 Å². The number of nitrogens with zero attached hydrogens (tertiary/aromatic N) is 2. The molecule has 4 rings (SSSR count). The molecule has 0 bridgehead atoms. The van der Waals surface area contributed by atoms with Gasteiger partial charge in [-0.1, -0.05) is 30.3 Å². The number of benzene rings is 2. The van der Waals surface area contributed by atoms with E-state index in [-0.39, 0.29) is 21.3 Å². The second kappa shape index (κ2) is 7.47. The van der Waals surface area contributed by atoms with Crippen LogP contribution in [-0.2, 0) is 6.18 Å². The van der Waals surface area contributed by atoms with Crippen LogP contribution >= 0.6 is 11.3 Å². The summed E-state index contributed by atoms with van der Waals surface area (Å²) in [5.74, 6) is -0.801. The zero-order valence-electron chi connectivity index (χ0n) is 15.4. The summed E-state index contributed by atoms with van der Waals surface area (Å²) in [6.07, 6.45) is -4.57. The topological polar surface area (TPSA) is 82.2 Å². The lowest BCUT2D eigenvalue weighted by atomic mass is 10.0. The van der Waals surface area contributed by atoms with Crippen LogP contribution in [0.15, 0.2) is 71.5 Å². The van der Waals surface area contributed by atoms with Gasteiger partial charge in [0.25, 0.3) is 5.56 Å². The van der Waals surface area contributed by atoms with Crippen molar-refractivity contribution < 1.29 is 22.9 Å². The highest BCUT2D eigenvalue weighted by Crippen LogP contribution is 2.39. The van der Waals surface area contributed by atoms with E-state index in [4.69, 9.17) is 0 Å². The van der Waals surface area contributed by atoms with E-state index in [0.29, 0.717) is 17.0 Å². The van der Waals surface area contributed by atoms with Crippen molar-refractivity contribution in [2.45, 2.75) is 6.18 Å². The van der Waals surface area contributed by atoms with E-state index in [9.17, 15) is 32.9 Å². The van der Waals surface area contributed by atoms with Crippen LogP contribution in [0.4, 0.5) is 18.2 Å². The number of hydrogen-bond acceptors (Lipinski definition) is 5. The lowest BCUT2D eigenvalue weighted by molar-refractivity contribution is -0.380. The number of pyridine rings is 1. The van der Waals surface area contributed by atoms with Gasteiger partial charge in [0.1, 0.15) is 10.4 Å². The van der Waals surface area contributed by atoms with Gasteiger partial charge in [0, 0.05) is 17.0 Å². The monoisotopic (exact) mass is 444 g/mol. The van der Waals surface area contributed by atoms with Gasteiger partial charge in [0.15, 0.2) is 0 Å². The van der Waals surface area contributed by atoms with E-state index in [2.05, 4.69) is 0 Å². The third-order valence-electron chi connectivity index (χ3n) is 4.60. The molecule has 0 unspecified atom stereocenters. The summed E-state index contributed by atoms with van der Waals surface area (Å²) in [4.78, 5) is 36.7. The summed E-state index contributed by atoms with van der Waals surface area (Å²) in [6, 6.07) is 14.4. The molecule has 0 amide bonds. The summed E-state index contributed by atoms with van der Waals surface area (Å²) < 4.78 is 39.7. The van der Waals surface area contributed by atoms with Crippen molar-refractivity contribution in [2.75, 3.05) is 0 Å². The zero-order valence-corrected chi connectivity index (χ0v) is 16.2. The Balaban J connectivity index is 1.94. The van der Waals surface area contributed by atoms with Crippen molar-refractivity contribution in [3.63, 3.8) is 0 Å². The van der Waals surface area contributed by atoms with Crippen molar-refractivity contribution in [2.24, 2.45) is 0 Å². The minimum absolute atomic E-state index is 0.131. The molecule has 0 N–H and O–H groups in total. The summed E-state index contributed by atoms with van der Waals surface area (Å²) in [6.45, 7) is 0. The first-order chi connectivity index (χ1) is 14.7. The van der Waals surface area contributed by atoms with Crippen LogP contribution in [0.1, 0.15) is 21.5 Å². The second-order valence-electron chi connectivity index (χ2n) is 6.50. The largest absolute Gasteiger partial charge is 0.416 e. The molecule has 2 heterocycles. The average molecular weight is 444 g/mol. The Kier molecular flexibility index (Phi) is 4.94. The summed E-state index contributed by atoms with van der Waals surface area (Å²) in [5, 5.41) is 11.4. The second-order valence-corrected chi connectivity index (χ2v) is 7.48. The molecule has 0 aliphatic heterocycles. The molecule has 0 atom stereocenters. The Bertz CT molecular complexity index is 1370. The minimum Gasteiger partial charge on any atom is -0.288 e. The summed E-state index contributed by atoms with van der Waals surface area (Å²) in [7, 11) is 0. The van der Waals surface area contributed by atoms with Crippen LogP contribution in [0.3, 0.4) is 0 Å². The number of ketones is 1. The molecule has 0 fully saturated rings. The van der Waals surface area contributed by atoms with Gasteiger partial charge < -0.3 is 0 Å². The Morgan fingerprint density at radius 3 is 2.19 bits per heavy atom. The molecule has 31 heavy (non-hydrogen) atoms. The van der Waals surface area contributed by atoms with E-state index in [1.807, 2.05) is 0 Å². The number of carbonyl (C=O) groups is 1. The van der Waals surface area contributed by atoms with Crippen LogP contribution in [0.2, 0.25) is 0 Å². The van der Waals surface area contributed by atoms with Gasteiger partial charge in [-0.25, -0.2) is 0 Å². The number of thiophene rings is 1. The lowest BCUT2D eigenvalue weighted by Crippen LogP contribution is -2.16. The van der Waals surface area contributed by atoms with Gasteiger partial charge in [-0.15, -0.1) is 0 Å². The number of nitro groups is 1. The first kappa shape index (κ1) is 20.5. The molecule has 0 radical (unpaired) electrons. The number of rotatable bonds is 4. The van der Waals surface area contributed by atoms with Gasteiger partial charge in [0.2, 0.25) is 5.78 Å². The van der Waals surface area contributed by atoms with Crippen LogP contribution < -0.4 is 5.56 Å². The highest BCUT2D eigenvalue weighted by atomic mass is 32.1. The fraction of sp³-hybridized carbons (Fsp3) is 0.0476. The Morgan fingerprint density at radius 2 is 1.61 bits per heavy atom.